The molecule has 4 rings (SSSR count). The second-order valence-corrected chi connectivity index (χ2v) is 9.76. The van der Waals surface area contributed by atoms with Crippen LogP contribution in [0.2, 0.25) is 0 Å². The molecular formula is C23H28N4O4S. The van der Waals surface area contributed by atoms with E-state index in [1.807, 2.05) is 36.1 Å². The van der Waals surface area contributed by atoms with Crippen molar-refractivity contribution in [3.8, 4) is 5.75 Å². The molecule has 170 valence electrons. The lowest BCUT2D eigenvalue weighted by Gasteiger charge is -2.37. The first-order valence-electron chi connectivity index (χ1n) is 10.7. The van der Waals surface area contributed by atoms with Crippen LogP contribution < -0.4 is 15.0 Å². The second-order valence-electron chi connectivity index (χ2n) is 8.19. The minimum atomic E-state index is -3.71. The first-order valence-corrected chi connectivity index (χ1v) is 12.2. The van der Waals surface area contributed by atoms with Crippen LogP contribution in [-0.2, 0) is 14.8 Å². The lowest BCUT2D eigenvalue weighted by molar-refractivity contribution is -0.132. The number of methoxy groups -OCH3 is 1. The maximum Gasteiger partial charge on any atom is 0.286 e. The van der Waals surface area contributed by atoms with Crippen LogP contribution in [0.4, 0.5) is 11.4 Å². The van der Waals surface area contributed by atoms with E-state index in [4.69, 9.17) is 4.74 Å². The van der Waals surface area contributed by atoms with Gasteiger partial charge in [-0.2, -0.15) is 8.42 Å². The summed E-state index contributed by atoms with van der Waals surface area (Å²) < 4.78 is 34.2. The van der Waals surface area contributed by atoms with Gasteiger partial charge in [0.1, 0.15) is 16.5 Å². The summed E-state index contributed by atoms with van der Waals surface area (Å²) >= 11 is 0. The lowest BCUT2D eigenvalue weighted by atomic mass is 10.0. The Morgan fingerprint density at radius 1 is 1.09 bits per heavy atom. The second kappa shape index (κ2) is 9.20. The molecule has 1 saturated heterocycles. The van der Waals surface area contributed by atoms with Crippen LogP contribution in [0.25, 0.3) is 0 Å². The Kier molecular flexibility index (Phi) is 6.36. The van der Waals surface area contributed by atoms with Crippen molar-refractivity contribution in [1.82, 2.24) is 4.90 Å². The average molecular weight is 457 g/mol. The van der Waals surface area contributed by atoms with Gasteiger partial charge in [-0.05, 0) is 30.2 Å². The topological polar surface area (TPSA) is 91.3 Å². The van der Waals surface area contributed by atoms with Crippen LogP contribution in [0.15, 0.2) is 57.8 Å². The van der Waals surface area contributed by atoms with Crippen molar-refractivity contribution in [2.75, 3.05) is 43.5 Å². The van der Waals surface area contributed by atoms with Crippen molar-refractivity contribution in [3.05, 3.63) is 48.5 Å². The first-order chi connectivity index (χ1) is 15.4. The molecule has 9 heteroatoms. The summed E-state index contributed by atoms with van der Waals surface area (Å²) in [5.74, 6) is 1.25. The number of nitrogens with one attached hydrogen (secondary N) is 1. The van der Waals surface area contributed by atoms with Gasteiger partial charge in [0, 0.05) is 39.0 Å². The largest absolute Gasteiger partial charge is 0.495 e. The number of sulfonamides is 1. The Balaban J connectivity index is 1.32. The lowest BCUT2D eigenvalue weighted by Crippen LogP contribution is -2.49. The Morgan fingerprint density at radius 3 is 2.53 bits per heavy atom. The molecule has 2 aliphatic rings. The van der Waals surface area contributed by atoms with Gasteiger partial charge >= 0.3 is 0 Å². The molecule has 2 heterocycles. The molecule has 0 unspecified atom stereocenters. The number of amidine groups is 1. The van der Waals surface area contributed by atoms with E-state index in [2.05, 4.69) is 14.6 Å². The fourth-order valence-corrected chi connectivity index (χ4v) is 5.33. The summed E-state index contributed by atoms with van der Waals surface area (Å²) in [6, 6.07) is 14.6. The van der Waals surface area contributed by atoms with Gasteiger partial charge in [-0.25, -0.2) is 0 Å². The van der Waals surface area contributed by atoms with Gasteiger partial charge in [0.25, 0.3) is 10.0 Å². The van der Waals surface area contributed by atoms with Crippen LogP contribution in [0.3, 0.4) is 0 Å². The van der Waals surface area contributed by atoms with Crippen LogP contribution >= 0.6 is 0 Å². The van der Waals surface area contributed by atoms with Crippen LogP contribution in [0.1, 0.15) is 19.8 Å². The van der Waals surface area contributed by atoms with Gasteiger partial charge in [0.15, 0.2) is 0 Å². The summed E-state index contributed by atoms with van der Waals surface area (Å²) in [6.07, 6.45) is 0.734. The van der Waals surface area contributed by atoms with E-state index in [0.29, 0.717) is 37.5 Å². The van der Waals surface area contributed by atoms with Crippen LogP contribution in [-0.4, -0.2) is 58.3 Å². The maximum absolute atomic E-state index is 12.8. The van der Waals surface area contributed by atoms with Gasteiger partial charge in [-0.15, -0.1) is 4.40 Å². The molecule has 2 aromatic rings. The first kappa shape index (κ1) is 22.1. The Morgan fingerprint density at radius 2 is 1.78 bits per heavy atom. The highest BCUT2D eigenvalue weighted by Gasteiger charge is 2.27. The zero-order valence-corrected chi connectivity index (χ0v) is 19.1. The smallest absolute Gasteiger partial charge is 0.286 e. The molecule has 1 amide bonds. The number of rotatable bonds is 6. The number of amides is 1. The fourth-order valence-electron chi connectivity index (χ4n) is 4.17. The monoisotopic (exact) mass is 456 g/mol. The van der Waals surface area contributed by atoms with Crippen molar-refractivity contribution >= 4 is 33.1 Å². The van der Waals surface area contributed by atoms with Gasteiger partial charge < -0.3 is 19.9 Å². The van der Waals surface area contributed by atoms with E-state index >= 15 is 0 Å². The number of para-hydroxylation sites is 3. The number of hydrogen-bond acceptors (Lipinski definition) is 6. The predicted octanol–water partition coefficient (Wildman–Crippen LogP) is 2.97. The van der Waals surface area contributed by atoms with Crippen molar-refractivity contribution in [2.24, 2.45) is 10.3 Å². The molecule has 1 N–H and O–H groups in total. The molecule has 0 saturated carbocycles. The zero-order chi connectivity index (χ0) is 22.7. The number of fused-ring (bicyclic) bond motifs is 1. The van der Waals surface area contributed by atoms with Crippen LogP contribution in [0.5, 0.6) is 5.75 Å². The Hall–Kier alpha value is -3.07. The van der Waals surface area contributed by atoms with E-state index in [0.717, 1.165) is 24.5 Å². The zero-order valence-electron chi connectivity index (χ0n) is 18.3. The third-order valence-electron chi connectivity index (χ3n) is 5.80. The highest BCUT2D eigenvalue weighted by Crippen LogP contribution is 2.30. The maximum atomic E-state index is 12.8. The summed E-state index contributed by atoms with van der Waals surface area (Å²) in [5, 5.41) is 3.10. The van der Waals surface area contributed by atoms with Crippen molar-refractivity contribution in [2.45, 2.75) is 24.7 Å². The Bertz CT molecular complexity index is 1120. The number of carbonyl (C=O) groups is 1. The molecule has 0 aliphatic carbocycles. The standard InChI is InChI=1S/C23H28N4O4S/c1-17(15-22-24-18-7-3-6-10-21(18)32(29,30)25-22)16-23(28)27-13-11-26(12-14-27)19-8-4-5-9-20(19)31-2/h3-10,17H,11-16H2,1-2H3,(H,24,25)/t17-/m1/s1. The van der Waals surface area contributed by atoms with E-state index in [1.165, 1.54) is 6.07 Å². The van der Waals surface area contributed by atoms with E-state index in [9.17, 15) is 13.2 Å². The normalized spacial score (nSPS) is 18.2. The SMILES string of the molecule is COc1ccccc1N1CCN(C(=O)C[C@H](C)CC2=NS(=O)(=O)c3ccccc3N2)CC1. The number of nitrogens with zero attached hydrogens (tertiary/aromatic N) is 3. The van der Waals surface area contributed by atoms with E-state index < -0.39 is 10.0 Å². The Labute approximate surface area is 188 Å². The van der Waals surface area contributed by atoms with Gasteiger partial charge in [-0.3, -0.25) is 4.79 Å². The van der Waals surface area contributed by atoms with Crippen molar-refractivity contribution in [1.29, 1.82) is 0 Å². The minimum Gasteiger partial charge on any atom is -0.495 e. The molecule has 8 nitrogen and oxygen atoms in total. The van der Waals surface area contributed by atoms with Crippen LogP contribution in [0, 0.1) is 5.92 Å². The molecular weight excluding hydrogens is 428 g/mol. The van der Waals surface area contributed by atoms with Crippen molar-refractivity contribution < 1.29 is 17.9 Å². The summed E-state index contributed by atoms with van der Waals surface area (Å²) in [5.41, 5.74) is 1.57. The average Bonchev–Trinajstić information content (AvgIpc) is 2.78. The number of benzene rings is 2. The summed E-state index contributed by atoms with van der Waals surface area (Å²) in [7, 11) is -2.05. The number of anilines is 2. The third-order valence-corrected chi connectivity index (χ3v) is 7.17. The molecule has 0 spiro atoms. The quantitative estimate of drug-likeness (QED) is 0.719. The highest BCUT2D eigenvalue weighted by atomic mass is 32.2. The molecule has 0 radical (unpaired) electrons. The third kappa shape index (κ3) is 4.72. The molecule has 1 atom stereocenters. The number of piperazine rings is 1. The molecule has 32 heavy (non-hydrogen) atoms. The number of carbonyl (C=O) groups excluding carboxylic acids is 1. The molecule has 2 aliphatic heterocycles. The molecule has 0 aromatic heterocycles. The summed E-state index contributed by atoms with van der Waals surface area (Å²) in [4.78, 5) is 17.1. The molecule has 0 bridgehead atoms. The molecule has 2 aromatic carbocycles. The fraction of sp³-hybridized carbons (Fsp3) is 0.391. The minimum absolute atomic E-state index is 0.0403. The number of ether oxygens (including phenoxy) is 1. The van der Waals surface area contributed by atoms with Crippen molar-refractivity contribution in [3.63, 3.8) is 0 Å². The molecule has 1 fully saturated rings. The van der Waals surface area contributed by atoms with E-state index in [1.54, 1.807) is 25.3 Å². The summed E-state index contributed by atoms with van der Waals surface area (Å²) in [6.45, 7) is 4.71. The number of hydrogen-bond donors (Lipinski definition) is 1. The predicted molar refractivity (Wildman–Crippen MR) is 125 cm³/mol. The van der Waals surface area contributed by atoms with Gasteiger partial charge in [0.05, 0.1) is 18.5 Å². The van der Waals surface area contributed by atoms with Gasteiger partial charge in [-0.1, -0.05) is 31.2 Å². The van der Waals surface area contributed by atoms with E-state index in [-0.39, 0.29) is 16.7 Å². The highest BCUT2D eigenvalue weighted by molar-refractivity contribution is 7.90. The van der Waals surface area contributed by atoms with Gasteiger partial charge in [0.2, 0.25) is 5.91 Å².